The second kappa shape index (κ2) is 4.27. The molecule has 0 saturated carbocycles. The van der Waals surface area contributed by atoms with E-state index in [2.05, 4.69) is 37.6 Å². The molecule has 0 spiro atoms. The van der Waals surface area contributed by atoms with Crippen LogP contribution in [-0.4, -0.2) is 29.3 Å². The number of aromatic amines is 1. The number of rotatable bonds is 1. The van der Waals surface area contributed by atoms with Gasteiger partial charge in [-0.3, -0.25) is 4.98 Å². The maximum Gasteiger partial charge on any atom is 0.417 e. The van der Waals surface area contributed by atoms with E-state index in [4.69, 9.17) is 14.9 Å². The number of H-pyrrole nitrogens is 1. The molecule has 2 heterocycles. The second-order valence-corrected chi connectivity index (χ2v) is 6.90. The minimum Gasteiger partial charge on any atom is -0.408 e. The Morgan fingerprint density at radius 3 is 2.43 bits per heavy atom. The van der Waals surface area contributed by atoms with Gasteiger partial charge in [0, 0.05) is 19.2 Å². The predicted octanol–water partition coefficient (Wildman–Crippen LogP) is 2.10. The third kappa shape index (κ3) is 2.63. The number of nitrogen functional groups attached to an aromatic ring is 1. The molecular formula is C15H21N3O3. The molecule has 1 aromatic carbocycles. The highest BCUT2D eigenvalue weighted by Gasteiger charge is 2.38. The molecule has 3 N–H and O–H groups in total. The Hall–Kier alpha value is -1.95. The number of hydrogen-bond acceptors (Lipinski definition) is 5. The number of nitrogens with zero attached hydrogens (tertiary/aromatic N) is 1. The number of morpholine rings is 1. The van der Waals surface area contributed by atoms with E-state index in [1.54, 1.807) is 6.07 Å². The molecule has 1 aliphatic rings. The first-order chi connectivity index (χ1) is 9.65. The maximum absolute atomic E-state index is 11.3. The number of anilines is 2. The molecule has 0 unspecified atom stereocenters. The molecule has 6 heteroatoms. The third-order valence-corrected chi connectivity index (χ3v) is 3.60. The summed E-state index contributed by atoms with van der Waals surface area (Å²) in [5.74, 6) is -0.468. The molecular weight excluding hydrogens is 270 g/mol. The summed E-state index contributed by atoms with van der Waals surface area (Å²) in [6.45, 7) is 9.72. The van der Waals surface area contributed by atoms with E-state index in [9.17, 15) is 4.79 Å². The van der Waals surface area contributed by atoms with Crippen LogP contribution in [0.1, 0.15) is 27.7 Å². The maximum atomic E-state index is 11.3. The normalized spacial score (nSPS) is 20.9. The number of aromatic nitrogens is 1. The van der Waals surface area contributed by atoms with Gasteiger partial charge in [-0.15, -0.1) is 0 Å². The van der Waals surface area contributed by atoms with Gasteiger partial charge < -0.3 is 19.8 Å². The molecule has 114 valence electrons. The highest BCUT2D eigenvalue weighted by atomic mass is 16.5. The summed E-state index contributed by atoms with van der Waals surface area (Å²) < 4.78 is 11.1. The van der Waals surface area contributed by atoms with Crippen LogP contribution in [0.2, 0.25) is 0 Å². The van der Waals surface area contributed by atoms with Gasteiger partial charge in [0.15, 0.2) is 5.58 Å². The van der Waals surface area contributed by atoms with E-state index in [0.717, 1.165) is 18.8 Å². The van der Waals surface area contributed by atoms with Crippen molar-refractivity contribution in [3.63, 3.8) is 0 Å². The van der Waals surface area contributed by atoms with Crippen LogP contribution in [0, 0.1) is 0 Å². The summed E-state index contributed by atoms with van der Waals surface area (Å²) in [6, 6.07) is 3.56. The number of nitrogens with two attached hydrogens (primary N) is 1. The minimum atomic E-state index is -0.468. The lowest BCUT2D eigenvalue weighted by Crippen LogP contribution is -2.57. The first-order valence-electron chi connectivity index (χ1n) is 7.03. The zero-order valence-corrected chi connectivity index (χ0v) is 12.8. The highest BCUT2D eigenvalue weighted by molar-refractivity contribution is 5.85. The van der Waals surface area contributed by atoms with Crippen molar-refractivity contribution in [1.82, 2.24) is 4.98 Å². The van der Waals surface area contributed by atoms with E-state index >= 15 is 0 Å². The molecule has 3 rings (SSSR count). The molecule has 0 amide bonds. The smallest absolute Gasteiger partial charge is 0.408 e. The van der Waals surface area contributed by atoms with Gasteiger partial charge in [0.1, 0.15) is 0 Å². The molecule has 0 atom stereocenters. The first-order valence-corrected chi connectivity index (χ1v) is 7.03. The average molecular weight is 291 g/mol. The fourth-order valence-electron chi connectivity index (χ4n) is 3.23. The molecule has 1 saturated heterocycles. The van der Waals surface area contributed by atoms with Gasteiger partial charge in [-0.1, -0.05) is 0 Å². The van der Waals surface area contributed by atoms with E-state index in [1.807, 2.05) is 6.07 Å². The largest absolute Gasteiger partial charge is 0.417 e. The highest BCUT2D eigenvalue weighted by Crippen LogP contribution is 2.35. The summed E-state index contributed by atoms with van der Waals surface area (Å²) in [7, 11) is 0. The van der Waals surface area contributed by atoms with E-state index in [-0.39, 0.29) is 11.2 Å². The zero-order chi connectivity index (χ0) is 15.4. The van der Waals surface area contributed by atoms with Crippen molar-refractivity contribution in [3.8, 4) is 0 Å². The lowest BCUT2D eigenvalue weighted by atomic mass is 9.98. The third-order valence-electron chi connectivity index (χ3n) is 3.60. The van der Waals surface area contributed by atoms with Crippen molar-refractivity contribution >= 4 is 22.5 Å². The molecule has 6 nitrogen and oxygen atoms in total. The topological polar surface area (TPSA) is 84.5 Å². The van der Waals surface area contributed by atoms with Crippen LogP contribution < -0.4 is 16.4 Å². The number of hydrogen-bond donors (Lipinski definition) is 2. The van der Waals surface area contributed by atoms with Crippen LogP contribution in [0.4, 0.5) is 11.4 Å². The summed E-state index contributed by atoms with van der Waals surface area (Å²) in [4.78, 5) is 16.2. The average Bonchev–Trinajstić information content (AvgIpc) is 2.62. The summed E-state index contributed by atoms with van der Waals surface area (Å²) in [5.41, 5.74) is 8.23. The molecule has 1 aromatic heterocycles. The molecule has 0 bridgehead atoms. The Balaban J connectivity index is 2.06. The Bertz CT molecular complexity index is 726. The van der Waals surface area contributed by atoms with Crippen molar-refractivity contribution in [2.24, 2.45) is 0 Å². The number of nitrogens with one attached hydrogen (secondary N) is 1. The SMILES string of the molecule is CC1(C)CN(c2cc3[nH]c(=O)oc3cc2N)CC(C)(C)O1. The number of oxazole rings is 1. The van der Waals surface area contributed by atoms with E-state index in [1.165, 1.54) is 0 Å². The van der Waals surface area contributed by atoms with Crippen LogP contribution in [-0.2, 0) is 4.74 Å². The molecule has 1 fully saturated rings. The molecule has 2 aromatic rings. The van der Waals surface area contributed by atoms with Gasteiger partial charge in [-0.25, -0.2) is 4.79 Å². The fraction of sp³-hybridized carbons (Fsp3) is 0.533. The number of ether oxygens (including phenoxy) is 1. The van der Waals surface area contributed by atoms with Crippen LogP contribution in [0.25, 0.3) is 11.1 Å². The van der Waals surface area contributed by atoms with Gasteiger partial charge in [0.2, 0.25) is 0 Å². The monoisotopic (exact) mass is 291 g/mol. The van der Waals surface area contributed by atoms with Crippen molar-refractivity contribution in [3.05, 3.63) is 22.7 Å². The lowest BCUT2D eigenvalue weighted by molar-refractivity contribution is -0.133. The predicted molar refractivity (Wildman–Crippen MR) is 82.7 cm³/mol. The first kappa shape index (κ1) is 14.0. The summed E-state index contributed by atoms with van der Waals surface area (Å²) >= 11 is 0. The van der Waals surface area contributed by atoms with E-state index in [0.29, 0.717) is 16.8 Å². The Morgan fingerprint density at radius 2 is 1.81 bits per heavy atom. The molecule has 1 aliphatic heterocycles. The van der Waals surface area contributed by atoms with Crippen LogP contribution in [0.3, 0.4) is 0 Å². The quantitative estimate of drug-likeness (QED) is 0.786. The fourth-order valence-corrected chi connectivity index (χ4v) is 3.23. The van der Waals surface area contributed by atoms with Crippen LogP contribution in [0.5, 0.6) is 0 Å². The Labute approximate surface area is 122 Å². The van der Waals surface area contributed by atoms with Crippen molar-refractivity contribution in [2.75, 3.05) is 23.7 Å². The Kier molecular flexibility index (Phi) is 2.85. The minimum absolute atomic E-state index is 0.271. The Morgan fingerprint density at radius 1 is 1.19 bits per heavy atom. The lowest BCUT2D eigenvalue weighted by Gasteiger charge is -2.48. The van der Waals surface area contributed by atoms with Crippen LogP contribution in [0.15, 0.2) is 21.3 Å². The molecule has 21 heavy (non-hydrogen) atoms. The van der Waals surface area contributed by atoms with Gasteiger partial charge in [0.25, 0.3) is 0 Å². The molecule has 0 aliphatic carbocycles. The van der Waals surface area contributed by atoms with Gasteiger partial charge in [-0.2, -0.15) is 0 Å². The van der Waals surface area contributed by atoms with Crippen molar-refractivity contribution < 1.29 is 9.15 Å². The number of fused-ring (bicyclic) bond motifs is 1. The van der Waals surface area contributed by atoms with Crippen molar-refractivity contribution in [2.45, 2.75) is 38.9 Å². The summed E-state index contributed by atoms with van der Waals surface area (Å²) in [5, 5.41) is 0. The van der Waals surface area contributed by atoms with Gasteiger partial charge in [-0.05, 0) is 33.8 Å². The van der Waals surface area contributed by atoms with Gasteiger partial charge >= 0.3 is 5.76 Å². The summed E-state index contributed by atoms with van der Waals surface area (Å²) in [6.07, 6.45) is 0. The van der Waals surface area contributed by atoms with Crippen molar-refractivity contribution in [1.29, 1.82) is 0 Å². The standard InChI is InChI=1S/C15H21N3O3/c1-14(2)7-18(8-15(3,4)21-14)11-6-10-12(5-9(11)16)20-13(19)17-10/h5-6H,7-8,16H2,1-4H3,(H,17,19). The number of benzene rings is 1. The van der Waals surface area contributed by atoms with E-state index < -0.39 is 5.76 Å². The second-order valence-electron chi connectivity index (χ2n) is 6.90. The zero-order valence-electron chi connectivity index (χ0n) is 12.8. The van der Waals surface area contributed by atoms with Crippen LogP contribution >= 0.6 is 0 Å². The van der Waals surface area contributed by atoms with Gasteiger partial charge in [0.05, 0.1) is 28.1 Å². The molecule has 0 radical (unpaired) electrons.